The van der Waals surface area contributed by atoms with E-state index in [0.717, 1.165) is 5.75 Å². The van der Waals surface area contributed by atoms with E-state index < -0.39 is 6.04 Å². The van der Waals surface area contributed by atoms with Gasteiger partial charge in [-0.2, -0.15) is 4.98 Å². The summed E-state index contributed by atoms with van der Waals surface area (Å²) in [5.41, 5.74) is 6.27. The first kappa shape index (κ1) is 25.4. The minimum absolute atomic E-state index is 0.252. The lowest BCUT2D eigenvalue weighted by atomic mass is 9.95. The first-order valence-corrected chi connectivity index (χ1v) is 13.5. The Balaban J connectivity index is 1.51. The molecular formula is C28H25Cl2N5OS. The number of amides is 1. The lowest BCUT2D eigenvalue weighted by Crippen LogP contribution is -2.31. The Bertz CT molecular complexity index is 1520. The third-order valence-corrected chi connectivity index (χ3v) is 7.67. The second kappa shape index (κ2) is 10.6. The zero-order valence-electron chi connectivity index (χ0n) is 20.5. The van der Waals surface area contributed by atoms with Gasteiger partial charge in [-0.1, -0.05) is 83.0 Å². The van der Waals surface area contributed by atoms with Gasteiger partial charge in [0, 0.05) is 32.7 Å². The molecule has 1 aliphatic rings. The molecule has 9 heteroatoms. The number of hydrogen-bond donors (Lipinski definition) is 2. The number of carbonyl (C=O) groups excluding carboxylic acids is 1. The molecule has 0 bridgehead atoms. The fourth-order valence-electron chi connectivity index (χ4n) is 4.37. The van der Waals surface area contributed by atoms with E-state index in [9.17, 15) is 4.79 Å². The van der Waals surface area contributed by atoms with Crippen molar-refractivity contribution >= 4 is 52.5 Å². The second-order valence-corrected chi connectivity index (χ2v) is 10.7. The van der Waals surface area contributed by atoms with Gasteiger partial charge in [0.15, 0.2) is 0 Å². The monoisotopic (exact) mass is 549 g/mol. The smallest absolute Gasteiger partial charge is 0.255 e. The SMILES string of the molecule is CC1=C(C(=O)Nc2ccccc2)[C@@H](c2ccc(Cl)cc2Cl)n2nc(SCc3ccc(C)cc3C)nc2N1. The molecule has 2 heterocycles. The summed E-state index contributed by atoms with van der Waals surface area (Å²) in [4.78, 5) is 18.3. The Labute approximate surface area is 230 Å². The summed E-state index contributed by atoms with van der Waals surface area (Å²) in [6, 6.07) is 20.4. The Morgan fingerprint density at radius 1 is 1.05 bits per heavy atom. The molecule has 3 aromatic carbocycles. The molecule has 5 rings (SSSR count). The third-order valence-electron chi connectivity index (χ3n) is 6.22. The quantitative estimate of drug-likeness (QED) is 0.245. The number of benzene rings is 3. The molecule has 0 saturated carbocycles. The van der Waals surface area contributed by atoms with E-state index in [1.807, 2.05) is 43.3 Å². The topological polar surface area (TPSA) is 71.8 Å². The van der Waals surface area contributed by atoms with Crippen molar-refractivity contribution in [1.29, 1.82) is 0 Å². The van der Waals surface area contributed by atoms with Gasteiger partial charge in [-0.25, -0.2) is 4.68 Å². The Morgan fingerprint density at radius 3 is 2.57 bits per heavy atom. The lowest BCUT2D eigenvalue weighted by molar-refractivity contribution is -0.113. The zero-order valence-corrected chi connectivity index (χ0v) is 22.9. The van der Waals surface area contributed by atoms with Crippen LogP contribution in [0.5, 0.6) is 0 Å². The minimum atomic E-state index is -0.590. The molecule has 2 N–H and O–H groups in total. The van der Waals surface area contributed by atoms with Crippen LogP contribution in [-0.2, 0) is 10.5 Å². The van der Waals surface area contributed by atoms with Crippen LogP contribution in [0.3, 0.4) is 0 Å². The number of halogens is 2. The number of rotatable bonds is 6. The van der Waals surface area contributed by atoms with Crippen LogP contribution < -0.4 is 10.6 Å². The lowest BCUT2D eigenvalue weighted by Gasteiger charge is -2.29. The van der Waals surface area contributed by atoms with Crippen LogP contribution >= 0.6 is 35.0 Å². The number of para-hydroxylation sites is 1. The molecule has 37 heavy (non-hydrogen) atoms. The highest BCUT2D eigenvalue weighted by Gasteiger charge is 2.35. The highest BCUT2D eigenvalue weighted by molar-refractivity contribution is 7.98. The number of aromatic nitrogens is 3. The van der Waals surface area contributed by atoms with E-state index in [1.54, 1.807) is 28.6 Å². The highest BCUT2D eigenvalue weighted by Crippen LogP contribution is 2.40. The molecule has 0 spiro atoms. The molecule has 0 saturated heterocycles. The predicted octanol–water partition coefficient (Wildman–Crippen LogP) is 7.42. The summed E-state index contributed by atoms with van der Waals surface area (Å²) >= 11 is 14.4. The number of fused-ring (bicyclic) bond motifs is 1. The van der Waals surface area contributed by atoms with E-state index in [-0.39, 0.29) is 5.91 Å². The van der Waals surface area contributed by atoms with Gasteiger partial charge in [0.05, 0.1) is 5.57 Å². The van der Waals surface area contributed by atoms with Crippen molar-refractivity contribution in [3.63, 3.8) is 0 Å². The van der Waals surface area contributed by atoms with Crippen molar-refractivity contribution in [2.75, 3.05) is 10.6 Å². The van der Waals surface area contributed by atoms with E-state index in [1.165, 1.54) is 16.7 Å². The molecular weight excluding hydrogens is 525 g/mol. The highest BCUT2D eigenvalue weighted by atomic mass is 35.5. The van der Waals surface area contributed by atoms with Gasteiger partial charge in [0.25, 0.3) is 5.91 Å². The number of carbonyl (C=O) groups is 1. The molecule has 1 amide bonds. The zero-order chi connectivity index (χ0) is 26.1. The van der Waals surface area contributed by atoms with Crippen LogP contribution in [0.1, 0.15) is 35.2 Å². The average molecular weight is 551 g/mol. The van der Waals surface area contributed by atoms with Crippen LogP contribution in [0, 0.1) is 13.8 Å². The number of nitrogens with one attached hydrogen (secondary N) is 2. The molecule has 1 aromatic heterocycles. The maximum absolute atomic E-state index is 13.6. The number of thioether (sulfide) groups is 1. The van der Waals surface area contributed by atoms with Crippen LogP contribution in [-0.4, -0.2) is 20.7 Å². The van der Waals surface area contributed by atoms with Crippen LogP contribution in [0.2, 0.25) is 10.0 Å². The second-order valence-electron chi connectivity index (χ2n) is 8.93. The normalized spacial score (nSPS) is 14.8. The van der Waals surface area contributed by atoms with Gasteiger partial charge >= 0.3 is 0 Å². The Morgan fingerprint density at radius 2 is 1.84 bits per heavy atom. The largest absolute Gasteiger partial charge is 0.328 e. The number of aryl methyl sites for hydroxylation is 2. The maximum Gasteiger partial charge on any atom is 0.255 e. The Kier molecular flexibility index (Phi) is 7.29. The molecule has 188 valence electrons. The molecule has 6 nitrogen and oxygen atoms in total. The van der Waals surface area contributed by atoms with Crippen molar-refractivity contribution < 1.29 is 4.79 Å². The Hall–Kier alpha value is -3.26. The first-order valence-electron chi connectivity index (χ1n) is 11.7. The van der Waals surface area contributed by atoms with E-state index in [0.29, 0.717) is 43.7 Å². The maximum atomic E-state index is 13.6. The summed E-state index contributed by atoms with van der Waals surface area (Å²) in [6.45, 7) is 6.06. The molecule has 0 fully saturated rings. The predicted molar refractivity (Wildman–Crippen MR) is 151 cm³/mol. The van der Waals surface area contributed by atoms with Crippen molar-refractivity contribution in [2.24, 2.45) is 0 Å². The van der Waals surface area contributed by atoms with E-state index in [2.05, 4.69) is 42.7 Å². The number of nitrogens with zero attached hydrogens (tertiary/aromatic N) is 3. The summed E-state index contributed by atoms with van der Waals surface area (Å²) in [6.07, 6.45) is 0. The third kappa shape index (κ3) is 5.39. The fourth-order valence-corrected chi connectivity index (χ4v) is 5.78. The molecule has 0 aliphatic carbocycles. The van der Waals surface area contributed by atoms with Gasteiger partial charge in [-0.3, -0.25) is 4.79 Å². The van der Waals surface area contributed by atoms with Crippen molar-refractivity contribution in [1.82, 2.24) is 14.8 Å². The summed E-state index contributed by atoms with van der Waals surface area (Å²) in [5, 5.41) is 12.6. The number of allylic oxidation sites excluding steroid dienone is 1. The summed E-state index contributed by atoms with van der Waals surface area (Å²) in [5.74, 6) is 1.03. The standard InChI is InChI=1S/C28H25Cl2N5OS/c1-16-9-10-19(17(2)13-16)15-37-28-33-27-31-18(3)24(26(36)32-21-7-5-4-6-8-21)25(35(27)34-28)22-12-11-20(29)14-23(22)30/h4-14,25H,15H2,1-3H3,(H,32,36)(H,31,33,34)/t25-/m1/s1. The molecule has 0 unspecified atom stereocenters. The molecule has 1 atom stereocenters. The van der Waals surface area contributed by atoms with Crippen LogP contribution in [0.4, 0.5) is 11.6 Å². The minimum Gasteiger partial charge on any atom is -0.328 e. The van der Waals surface area contributed by atoms with Crippen LogP contribution in [0.25, 0.3) is 0 Å². The van der Waals surface area contributed by atoms with Gasteiger partial charge in [0.2, 0.25) is 11.1 Å². The molecule has 0 radical (unpaired) electrons. The van der Waals surface area contributed by atoms with Gasteiger partial charge < -0.3 is 10.6 Å². The number of anilines is 2. The van der Waals surface area contributed by atoms with Crippen molar-refractivity contribution in [2.45, 2.75) is 37.7 Å². The van der Waals surface area contributed by atoms with E-state index in [4.69, 9.17) is 33.3 Å². The molecule has 4 aromatic rings. The summed E-state index contributed by atoms with van der Waals surface area (Å²) < 4.78 is 1.73. The van der Waals surface area contributed by atoms with Gasteiger partial charge in [0.1, 0.15) is 6.04 Å². The van der Waals surface area contributed by atoms with E-state index >= 15 is 0 Å². The fraction of sp³-hybridized carbons (Fsp3) is 0.179. The average Bonchev–Trinajstić information content (AvgIpc) is 3.26. The van der Waals surface area contributed by atoms with Crippen LogP contribution in [0.15, 0.2) is 83.2 Å². The van der Waals surface area contributed by atoms with Crippen molar-refractivity contribution in [3.8, 4) is 0 Å². The molecule has 1 aliphatic heterocycles. The van der Waals surface area contributed by atoms with Gasteiger partial charge in [-0.15, -0.1) is 5.10 Å². The summed E-state index contributed by atoms with van der Waals surface area (Å²) in [7, 11) is 0. The number of hydrogen-bond acceptors (Lipinski definition) is 5. The van der Waals surface area contributed by atoms with Crippen molar-refractivity contribution in [3.05, 3.63) is 110 Å². The first-order chi connectivity index (χ1) is 17.8. The van der Waals surface area contributed by atoms with Gasteiger partial charge in [-0.05, 0) is 56.2 Å².